The van der Waals surface area contributed by atoms with Crippen molar-refractivity contribution >= 4 is 0 Å². The number of aryl methyl sites for hydroxylation is 1. The lowest BCUT2D eigenvalue weighted by atomic mass is 9.88. The van der Waals surface area contributed by atoms with E-state index in [1.165, 1.54) is 6.07 Å². The summed E-state index contributed by atoms with van der Waals surface area (Å²) < 4.78 is 49.4. The van der Waals surface area contributed by atoms with Crippen LogP contribution < -0.4 is 0 Å². The molecule has 2 aromatic carbocycles. The third-order valence-electron chi connectivity index (χ3n) is 5.68. The summed E-state index contributed by atoms with van der Waals surface area (Å²) in [7, 11) is 0. The lowest BCUT2D eigenvalue weighted by Gasteiger charge is -2.29. The predicted octanol–water partition coefficient (Wildman–Crippen LogP) is 7.18. The van der Waals surface area contributed by atoms with Crippen molar-refractivity contribution in [2.45, 2.75) is 70.8 Å². The minimum absolute atomic E-state index is 0.0143. The van der Waals surface area contributed by atoms with Crippen molar-refractivity contribution in [3.8, 4) is 11.1 Å². The summed E-state index contributed by atoms with van der Waals surface area (Å²) in [6.07, 6.45) is 6.68. The molecule has 2 aromatic rings. The van der Waals surface area contributed by atoms with Crippen LogP contribution in [0.1, 0.15) is 69.4 Å². The Labute approximate surface area is 165 Å². The smallest absolute Gasteiger partial charge is 0.166 e. The van der Waals surface area contributed by atoms with Gasteiger partial charge in [0.1, 0.15) is 5.82 Å². The van der Waals surface area contributed by atoms with Crippen LogP contribution in [0.25, 0.3) is 11.1 Å². The van der Waals surface area contributed by atoms with E-state index in [1.54, 1.807) is 24.3 Å². The van der Waals surface area contributed by atoms with Gasteiger partial charge in [-0.2, -0.15) is 0 Å². The largest absolute Gasteiger partial charge is 0.378 e. The van der Waals surface area contributed by atoms with Gasteiger partial charge in [-0.25, -0.2) is 13.2 Å². The Bertz CT molecular complexity index is 795. The van der Waals surface area contributed by atoms with Gasteiger partial charge < -0.3 is 4.74 Å². The molecule has 0 saturated carbocycles. The second kappa shape index (κ2) is 9.60. The molecule has 1 heterocycles. The van der Waals surface area contributed by atoms with E-state index in [2.05, 4.69) is 6.92 Å². The molecule has 0 spiro atoms. The minimum Gasteiger partial charge on any atom is -0.378 e. The first kappa shape index (κ1) is 20.9. The number of hydrogen-bond acceptors (Lipinski definition) is 1. The van der Waals surface area contributed by atoms with Crippen LogP contribution in [0.3, 0.4) is 0 Å². The third-order valence-corrected chi connectivity index (χ3v) is 5.68. The second-order valence-electron chi connectivity index (χ2n) is 7.76. The number of ether oxygens (including phenoxy) is 1. The average molecular weight is 390 g/mol. The summed E-state index contributed by atoms with van der Waals surface area (Å²) in [5.41, 5.74) is 1.42. The molecule has 2 unspecified atom stereocenters. The van der Waals surface area contributed by atoms with Gasteiger partial charge in [0.05, 0.1) is 12.7 Å². The van der Waals surface area contributed by atoms with E-state index in [0.717, 1.165) is 38.5 Å². The molecule has 1 fully saturated rings. The van der Waals surface area contributed by atoms with Crippen LogP contribution in [0.15, 0.2) is 30.3 Å². The lowest BCUT2D eigenvalue weighted by molar-refractivity contribution is -0.00249. The van der Waals surface area contributed by atoms with E-state index in [4.69, 9.17) is 4.74 Å². The fraction of sp³-hybridized carbons (Fsp3) is 0.500. The molecule has 2 atom stereocenters. The quantitative estimate of drug-likeness (QED) is 0.487. The highest BCUT2D eigenvalue weighted by Crippen LogP contribution is 2.34. The summed E-state index contributed by atoms with van der Waals surface area (Å²) >= 11 is 0. The van der Waals surface area contributed by atoms with Gasteiger partial charge in [0.2, 0.25) is 0 Å². The molecule has 1 saturated heterocycles. The average Bonchev–Trinajstić information content (AvgIpc) is 2.70. The van der Waals surface area contributed by atoms with Crippen molar-refractivity contribution in [3.05, 3.63) is 58.9 Å². The standard InChI is InChI=1S/C24H29F3O/c1-3-5-7-19-11-8-18(15-28-19)20-12-10-17(14-22(20)25)21-13-9-16(6-4-2)23(26)24(21)27/h9-10,12-14,18-19H,3-8,11,15H2,1-2H3. The SMILES string of the molecule is CCCCC1CCC(c2ccc(-c3ccc(CCC)c(F)c3F)cc2F)CO1. The topological polar surface area (TPSA) is 9.23 Å². The number of hydrogen-bond donors (Lipinski definition) is 0. The molecule has 0 N–H and O–H groups in total. The zero-order chi connectivity index (χ0) is 20.1. The molecule has 1 nitrogen and oxygen atoms in total. The van der Waals surface area contributed by atoms with Crippen molar-refractivity contribution in [2.75, 3.05) is 6.61 Å². The Morgan fingerprint density at radius 1 is 0.964 bits per heavy atom. The molecule has 0 aromatic heterocycles. The first-order valence-electron chi connectivity index (χ1n) is 10.4. The molecular weight excluding hydrogens is 361 g/mol. The van der Waals surface area contributed by atoms with Crippen molar-refractivity contribution in [1.29, 1.82) is 0 Å². The highest BCUT2D eigenvalue weighted by Gasteiger charge is 2.25. The number of unbranched alkanes of at least 4 members (excludes halogenated alkanes) is 1. The first-order chi connectivity index (χ1) is 13.5. The monoisotopic (exact) mass is 390 g/mol. The van der Waals surface area contributed by atoms with Crippen LogP contribution in [-0.4, -0.2) is 12.7 Å². The van der Waals surface area contributed by atoms with Crippen molar-refractivity contribution in [2.24, 2.45) is 0 Å². The van der Waals surface area contributed by atoms with Gasteiger partial charge in [-0.15, -0.1) is 0 Å². The fourth-order valence-electron chi connectivity index (χ4n) is 4.01. The molecule has 1 aliphatic heterocycles. The summed E-state index contributed by atoms with van der Waals surface area (Å²) in [6, 6.07) is 7.82. The van der Waals surface area contributed by atoms with Crippen molar-refractivity contribution in [1.82, 2.24) is 0 Å². The highest BCUT2D eigenvalue weighted by atomic mass is 19.2. The lowest BCUT2D eigenvalue weighted by Crippen LogP contribution is -2.25. The van der Waals surface area contributed by atoms with Crippen LogP contribution in [0.4, 0.5) is 13.2 Å². The van der Waals surface area contributed by atoms with E-state index in [0.29, 0.717) is 29.7 Å². The number of halogens is 3. The molecular formula is C24H29F3O. The molecule has 3 rings (SSSR count). The zero-order valence-electron chi connectivity index (χ0n) is 16.7. The van der Waals surface area contributed by atoms with Gasteiger partial charge in [0.25, 0.3) is 0 Å². The molecule has 0 radical (unpaired) electrons. The van der Waals surface area contributed by atoms with E-state index in [1.807, 2.05) is 6.92 Å². The Morgan fingerprint density at radius 2 is 1.79 bits per heavy atom. The third kappa shape index (κ3) is 4.60. The van der Waals surface area contributed by atoms with Gasteiger partial charge in [-0.05, 0) is 48.4 Å². The Hall–Kier alpha value is -1.81. The molecule has 4 heteroatoms. The molecule has 0 bridgehead atoms. The van der Waals surface area contributed by atoms with Gasteiger partial charge in [0.15, 0.2) is 11.6 Å². The van der Waals surface area contributed by atoms with Crippen LogP contribution >= 0.6 is 0 Å². The normalized spacial score (nSPS) is 19.8. The Kier molecular flexibility index (Phi) is 7.17. The van der Waals surface area contributed by atoms with Crippen molar-refractivity contribution in [3.63, 3.8) is 0 Å². The molecule has 1 aliphatic rings. The van der Waals surface area contributed by atoms with Gasteiger partial charge in [-0.3, -0.25) is 0 Å². The molecule has 0 amide bonds. The maximum absolute atomic E-state index is 14.8. The molecule has 28 heavy (non-hydrogen) atoms. The predicted molar refractivity (Wildman–Crippen MR) is 107 cm³/mol. The zero-order valence-corrected chi connectivity index (χ0v) is 16.7. The van der Waals surface area contributed by atoms with E-state index in [-0.39, 0.29) is 23.4 Å². The first-order valence-corrected chi connectivity index (χ1v) is 10.4. The van der Waals surface area contributed by atoms with Crippen molar-refractivity contribution < 1.29 is 17.9 Å². The van der Waals surface area contributed by atoms with Crippen LogP contribution in [0.5, 0.6) is 0 Å². The number of benzene rings is 2. The van der Waals surface area contributed by atoms with Gasteiger partial charge >= 0.3 is 0 Å². The molecule has 152 valence electrons. The molecule has 0 aliphatic carbocycles. The van der Waals surface area contributed by atoms with E-state index >= 15 is 0 Å². The summed E-state index contributed by atoms with van der Waals surface area (Å²) in [5, 5.41) is 0. The van der Waals surface area contributed by atoms with Crippen LogP contribution in [0.2, 0.25) is 0 Å². The summed E-state index contributed by atoms with van der Waals surface area (Å²) in [6.45, 7) is 4.59. The maximum atomic E-state index is 14.8. The fourth-order valence-corrected chi connectivity index (χ4v) is 4.01. The second-order valence-corrected chi connectivity index (χ2v) is 7.76. The summed E-state index contributed by atoms with van der Waals surface area (Å²) in [4.78, 5) is 0. The Morgan fingerprint density at radius 3 is 2.43 bits per heavy atom. The van der Waals surface area contributed by atoms with Gasteiger partial charge in [0, 0.05) is 11.5 Å². The van der Waals surface area contributed by atoms with Crippen LogP contribution in [-0.2, 0) is 11.2 Å². The summed E-state index contributed by atoms with van der Waals surface area (Å²) in [5.74, 6) is -2.10. The minimum atomic E-state index is -0.905. The maximum Gasteiger partial charge on any atom is 0.166 e. The highest BCUT2D eigenvalue weighted by molar-refractivity contribution is 5.65. The Balaban J connectivity index is 1.76. The number of rotatable bonds is 7. The van der Waals surface area contributed by atoms with E-state index < -0.39 is 11.6 Å². The van der Waals surface area contributed by atoms with Crippen LogP contribution in [0, 0.1) is 17.5 Å². The van der Waals surface area contributed by atoms with E-state index in [9.17, 15) is 13.2 Å². The van der Waals surface area contributed by atoms with Gasteiger partial charge in [-0.1, -0.05) is 57.4 Å².